The van der Waals surface area contributed by atoms with Crippen molar-refractivity contribution in [3.8, 4) is 0 Å². The highest BCUT2D eigenvalue weighted by molar-refractivity contribution is 7.06. The van der Waals surface area contributed by atoms with Crippen molar-refractivity contribution < 1.29 is 15.6 Å². The number of hydrogen-bond donors (Lipinski definition) is 2. The Morgan fingerprint density at radius 3 is 2.57 bits per heavy atom. The van der Waals surface area contributed by atoms with Crippen molar-refractivity contribution in [2.75, 3.05) is 0 Å². The molecule has 0 bridgehead atoms. The van der Waals surface area contributed by atoms with Gasteiger partial charge < -0.3 is 15.8 Å². The van der Waals surface area contributed by atoms with Crippen LogP contribution >= 0.6 is 11.3 Å². The Kier molecular flexibility index (Phi) is 6.96. The molecular formula is C9H16N2O2S. The van der Waals surface area contributed by atoms with Gasteiger partial charge in [0.05, 0.1) is 0 Å². The number of thiazole rings is 1. The molecule has 1 heterocycles. The fourth-order valence-electron chi connectivity index (χ4n) is 0.680. The molecule has 0 aromatic carbocycles. The normalized spacial score (nSPS) is 13.6. The van der Waals surface area contributed by atoms with Crippen molar-refractivity contribution in [3.63, 3.8) is 0 Å². The molecule has 1 rings (SSSR count). The predicted molar refractivity (Wildman–Crippen MR) is 54.7 cm³/mol. The summed E-state index contributed by atoms with van der Waals surface area (Å²) in [5.74, 6) is -0.619. The highest BCUT2D eigenvalue weighted by atomic mass is 32.1. The van der Waals surface area contributed by atoms with Crippen LogP contribution in [0.4, 0.5) is 0 Å². The summed E-state index contributed by atoms with van der Waals surface area (Å²) in [7, 11) is 0. The zero-order chi connectivity index (χ0) is 11.0. The molecule has 0 unspecified atom stereocenters. The molecule has 0 saturated carbocycles. The molecule has 80 valence electrons. The first-order chi connectivity index (χ1) is 6.59. The van der Waals surface area contributed by atoms with E-state index in [1.165, 1.54) is 11.3 Å². The molecule has 0 aliphatic heterocycles. The number of nitrogens with zero attached hydrogens (tertiary/aromatic N) is 1. The van der Waals surface area contributed by atoms with Gasteiger partial charge in [-0.2, -0.15) is 0 Å². The first-order valence-electron chi connectivity index (χ1n) is 4.41. The number of carboxylic acid groups (broad SMARTS) is 1. The highest BCUT2D eigenvalue weighted by Gasteiger charge is 2.21. The summed E-state index contributed by atoms with van der Waals surface area (Å²) < 4.78 is 0. The zero-order valence-corrected chi connectivity index (χ0v) is 9.25. The van der Waals surface area contributed by atoms with E-state index in [2.05, 4.69) is 16.2 Å². The summed E-state index contributed by atoms with van der Waals surface area (Å²) in [4.78, 5) is 13.9. The van der Waals surface area contributed by atoms with Crippen LogP contribution in [0.25, 0.3) is 0 Å². The lowest BCUT2D eigenvalue weighted by molar-refractivity contribution is -0.419. The minimum Gasteiger partial charge on any atom is -0.477 e. The Morgan fingerprint density at radius 2 is 2.43 bits per heavy atom. The number of carboxylic acids is 1. The minimum absolute atomic E-state index is 0.183. The van der Waals surface area contributed by atoms with Crippen molar-refractivity contribution in [1.82, 2.24) is 4.98 Å². The number of rotatable bonds is 3. The van der Waals surface area contributed by atoms with Crippen LogP contribution in [-0.2, 0) is 4.79 Å². The van der Waals surface area contributed by atoms with Gasteiger partial charge in [-0.25, -0.2) is 4.79 Å². The van der Waals surface area contributed by atoms with Crippen LogP contribution in [0.3, 0.4) is 0 Å². The maximum absolute atomic E-state index is 10.2. The average Bonchev–Trinajstić information content (AvgIpc) is 2.73. The van der Waals surface area contributed by atoms with Gasteiger partial charge in [0.25, 0.3) is 0 Å². The molecule has 0 spiro atoms. The van der Waals surface area contributed by atoms with Gasteiger partial charge in [-0.3, -0.25) is 11.3 Å². The second kappa shape index (κ2) is 7.46. The fourth-order valence-corrected chi connectivity index (χ4v) is 0.984. The lowest BCUT2D eigenvalue weighted by atomic mass is 10.0. The summed E-state index contributed by atoms with van der Waals surface area (Å²) in [5, 5.41) is 10.3. The molecule has 0 aliphatic carbocycles. The van der Waals surface area contributed by atoms with Gasteiger partial charge in [-0.05, 0) is 11.9 Å². The second-order valence-electron chi connectivity index (χ2n) is 2.95. The molecule has 2 atom stereocenters. The molecular weight excluding hydrogens is 200 g/mol. The SMILES string of the molecule is CC[C@H](C)[C@H]([NH3+])C(=O)O.[c-]1nccs1. The third-order valence-electron chi connectivity index (χ3n) is 1.96. The molecule has 1 aromatic heterocycles. The van der Waals surface area contributed by atoms with E-state index in [-0.39, 0.29) is 5.92 Å². The third-order valence-corrected chi connectivity index (χ3v) is 2.43. The fraction of sp³-hybridized carbons (Fsp3) is 0.556. The summed E-state index contributed by atoms with van der Waals surface area (Å²) >= 11 is 1.48. The smallest absolute Gasteiger partial charge is 0.362 e. The molecule has 14 heavy (non-hydrogen) atoms. The quantitative estimate of drug-likeness (QED) is 0.729. The van der Waals surface area contributed by atoms with Crippen molar-refractivity contribution in [3.05, 3.63) is 17.1 Å². The first kappa shape index (κ1) is 13.1. The zero-order valence-electron chi connectivity index (χ0n) is 8.43. The summed E-state index contributed by atoms with van der Waals surface area (Å²) in [6.45, 7) is 3.86. The van der Waals surface area contributed by atoms with Crippen molar-refractivity contribution in [1.29, 1.82) is 0 Å². The van der Waals surface area contributed by atoms with Gasteiger partial charge in [0.1, 0.15) is 0 Å². The Hall–Kier alpha value is -0.940. The molecule has 5 heteroatoms. The number of quaternary nitrogens is 1. The third kappa shape index (κ3) is 5.66. The van der Waals surface area contributed by atoms with E-state index in [1.54, 1.807) is 6.20 Å². The molecule has 0 aliphatic rings. The number of aliphatic carboxylic acids is 1. The van der Waals surface area contributed by atoms with Crippen molar-refractivity contribution in [2.45, 2.75) is 26.3 Å². The second-order valence-corrected chi connectivity index (χ2v) is 3.64. The molecule has 4 nitrogen and oxygen atoms in total. The van der Waals surface area contributed by atoms with Crippen LogP contribution < -0.4 is 5.73 Å². The van der Waals surface area contributed by atoms with E-state index >= 15 is 0 Å². The summed E-state index contributed by atoms with van der Waals surface area (Å²) in [6, 6.07) is -0.449. The van der Waals surface area contributed by atoms with Crippen LogP contribution in [0.5, 0.6) is 0 Å². The van der Waals surface area contributed by atoms with E-state index in [1.807, 2.05) is 19.2 Å². The molecule has 0 radical (unpaired) electrons. The van der Waals surface area contributed by atoms with Crippen molar-refractivity contribution >= 4 is 17.3 Å². The maximum atomic E-state index is 10.2. The standard InChI is InChI=1S/C6H13NO2.C3H2NS/c1-3-4(2)5(7)6(8)9;1-2-5-3-4-1/h4-5H,3,7H2,1-2H3,(H,8,9);1-2H/q;-1/p+1/t4-,5-;/m0./s1. The van der Waals surface area contributed by atoms with Crippen LogP contribution in [-0.4, -0.2) is 22.1 Å². The van der Waals surface area contributed by atoms with E-state index < -0.39 is 12.0 Å². The first-order valence-corrected chi connectivity index (χ1v) is 5.29. The van der Waals surface area contributed by atoms with Gasteiger partial charge in [0.15, 0.2) is 6.04 Å². The molecule has 0 fully saturated rings. The number of aromatic nitrogens is 1. The molecule has 0 amide bonds. The average molecular weight is 216 g/mol. The Labute approximate surface area is 87.8 Å². The lowest BCUT2D eigenvalue weighted by Crippen LogP contribution is -2.67. The van der Waals surface area contributed by atoms with Crippen molar-refractivity contribution in [2.24, 2.45) is 5.92 Å². The Bertz CT molecular complexity index is 222. The van der Waals surface area contributed by atoms with E-state index in [4.69, 9.17) is 5.11 Å². The summed E-state index contributed by atoms with van der Waals surface area (Å²) in [5.41, 5.74) is 6.16. The monoisotopic (exact) mass is 216 g/mol. The molecule has 0 saturated heterocycles. The Balaban J connectivity index is 0.000000280. The van der Waals surface area contributed by atoms with E-state index in [0.717, 1.165) is 6.42 Å². The minimum atomic E-state index is -0.802. The summed E-state index contributed by atoms with van der Waals surface area (Å²) in [6.07, 6.45) is 2.59. The van der Waals surface area contributed by atoms with Gasteiger partial charge in [-0.1, -0.05) is 13.8 Å². The van der Waals surface area contributed by atoms with Gasteiger partial charge in [0.2, 0.25) is 0 Å². The van der Waals surface area contributed by atoms with Crippen LogP contribution in [0.15, 0.2) is 11.6 Å². The maximum Gasteiger partial charge on any atom is 0.362 e. The highest BCUT2D eigenvalue weighted by Crippen LogP contribution is 2.02. The van der Waals surface area contributed by atoms with E-state index in [0.29, 0.717) is 0 Å². The molecule has 4 N–H and O–H groups in total. The number of carbonyl (C=O) groups is 1. The van der Waals surface area contributed by atoms with Crippen LogP contribution in [0.2, 0.25) is 0 Å². The largest absolute Gasteiger partial charge is 0.477 e. The van der Waals surface area contributed by atoms with Crippen LogP contribution in [0.1, 0.15) is 20.3 Å². The topological polar surface area (TPSA) is 77.8 Å². The van der Waals surface area contributed by atoms with Crippen LogP contribution in [0, 0.1) is 11.4 Å². The lowest BCUT2D eigenvalue weighted by Gasteiger charge is -2.08. The predicted octanol–water partition coefficient (Wildman–Crippen LogP) is 0.671. The number of hydrogen-bond acceptors (Lipinski definition) is 3. The van der Waals surface area contributed by atoms with Gasteiger partial charge >= 0.3 is 5.97 Å². The van der Waals surface area contributed by atoms with E-state index in [9.17, 15) is 4.79 Å². The molecule has 1 aromatic rings. The Morgan fingerprint density at radius 1 is 1.79 bits per heavy atom. The van der Waals surface area contributed by atoms with Gasteiger partial charge in [0, 0.05) is 5.92 Å². The van der Waals surface area contributed by atoms with Gasteiger partial charge in [-0.15, -0.1) is 11.6 Å².